The lowest BCUT2D eigenvalue weighted by Gasteiger charge is -2.23. The summed E-state index contributed by atoms with van der Waals surface area (Å²) in [6.45, 7) is 2.80. The van der Waals surface area contributed by atoms with E-state index in [2.05, 4.69) is 10.3 Å². The molecule has 1 fully saturated rings. The zero-order valence-electron chi connectivity index (χ0n) is 17.4. The first-order valence-corrected chi connectivity index (χ1v) is 10.9. The number of carbonyl (C=O) groups excluding carboxylic acids is 2. The third-order valence-corrected chi connectivity index (χ3v) is 5.74. The van der Waals surface area contributed by atoms with Gasteiger partial charge in [0.05, 0.1) is 19.4 Å². The number of likely N-dealkylation sites (tertiary alicyclic amines) is 1. The van der Waals surface area contributed by atoms with Crippen LogP contribution < -0.4 is 10.1 Å². The third-order valence-electron chi connectivity index (χ3n) is 4.98. The molecule has 1 aliphatic heterocycles. The lowest BCUT2D eigenvalue weighted by molar-refractivity contribution is -0.130. The molecule has 2 aromatic rings. The minimum atomic E-state index is -0.203. The summed E-state index contributed by atoms with van der Waals surface area (Å²) in [5, 5.41) is 5.52. The van der Waals surface area contributed by atoms with Gasteiger partial charge in [-0.2, -0.15) is 0 Å². The van der Waals surface area contributed by atoms with E-state index in [1.807, 2.05) is 29.2 Å². The zero-order valence-corrected chi connectivity index (χ0v) is 18.2. The van der Waals surface area contributed by atoms with Gasteiger partial charge in [0.2, 0.25) is 5.91 Å². The number of nitrogens with one attached hydrogen (secondary N) is 1. The fraction of sp³-hybridized carbons (Fsp3) is 0.476. The number of rotatable bonds is 10. The first-order valence-electron chi connectivity index (χ1n) is 10.0. The highest BCUT2D eigenvalue weighted by atomic mass is 32.1. The largest absolute Gasteiger partial charge is 0.495 e. The van der Waals surface area contributed by atoms with Crippen LogP contribution in [0.25, 0.3) is 0 Å². The second kappa shape index (κ2) is 10.9. The van der Waals surface area contributed by atoms with Crippen LogP contribution in [0.15, 0.2) is 29.6 Å². The van der Waals surface area contributed by atoms with Crippen LogP contribution in [0.4, 0.5) is 10.8 Å². The average molecular weight is 433 g/mol. The highest BCUT2D eigenvalue weighted by Crippen LogP contribution is 2.28. The van der Waals surface area contributed by atoms with Gasteiger partial charge in [0.25, 0.3) is 5.91 Å². The summed E-state index contributed by atoms with van der Waals surface area (Å²) in [7, 11) is 3.20. The van der Waals surface area contributed by atoms with Crippen LogP contribution in [-0.2, 0) is 9.53 Å². The van der Waals surface area contributed by atoms with E-state index in [9.17, 15) is 9.59 Å². The first-order chi connectivity index (χ1) is 14.6. The predicted molar refractivity (Wildman–Crippen MR) is 117 cm³/mol. The Morgan fingerprint density at radius 3 is 2.70 bits per heavy atom. The van der Waals surface area contributed by atoms with Crippen LogP contribution in [0.5, 0.6) is 5.75 Å². The molecule has 1 N–H and O–H groups in total. The molecule has 0 atom stereocenters. The molecule has 8 nitrogen and oxygen atoms in total. The highest BCUT2D eigenvalue weighted by Gasteiger charge is 2.22. The third kappa shape index (κ3) is 5.70. The van der Waals surface area contributed by atoms with E-state index in [-0.39, 0.29) is 11.8 Å². The second-order valence-corrected chi connectivity index (χ2v) is 7.84. The van der Waals surface area contributed by atoms with E-state index < -0.39 is 0 Å². The van der Waals surface area contributed by atoms with Crippen molar-refractivity contribution in [2.75, 3.05) is 52.3 Å². The number of carbonyl (C=O) groups is 2. The first kappa shape index (κ1) is 22.0. The Labute approximate surface area is 180 Å². The molecule has 1 saturated heterocycles. The van der Waals surface area contributed by atoms with Crippen LogP contribution in [0.1, 0.15) is 29.8 Å². The summed E-state index contributed by atoms with van der Waals surface area (Å²) in [5.41, 5.74) is 1.13. The maximum absolute atomic E-state index is 13.0. The van der Waals surface area contributed by atoms with Gasteiger partial charge in [0.15, 0.2) is 5.13 Å². The molecule has 162 valence electrons. The topological polar surface area (TPSA) is 84.0 Å². The predicted octanol–water partition coefficient (Wildman–Crippen LogP) is 3.00. The van der Waals surface area contributed by atoms with E-state index in [0.717, 1.165) is 31.6 Å². The molecule has 0 unspecified atom stereocenters. The Kier molecular flexibility index (Phi) is 8.04. The molecule has 9 heteroatoms. The smallest absolute Gasteiger partial charge is 0.273 e. The van der Waals surface area contributed by atoms with Crippen molar-refractivity contribution in [2.24, 2.45) is 0 Å². The molecule has 2 heterocycles. The van der Waals surface area contributed by atoms with Gasteiger partial charge >= 0.3 is 0 Å². The highest BCUT2D eigenvalue weighted by molar-refractivity contribution is 7.14. The number of thiazole rings is 1. The molecule has 2 amide bonds. The molecule has 0 spiro atoms. The fourth-order valence-corrected chi connectivity index (χ4v) is 4.02. The van der Waals surface area contributed by atoms with Crippen LogP contribution in [0.3, 0.4) is 0 Å². The van der Waals surface area contributed by atoms with Crippen LogP contribution >= 0.6 is 11.3 Å². The van der Waals surface area contributed by atoms with Gasteiger partial charge in [-0.15, -0.1) is 11.3 Å². The summed E-state index contributed by atoms with van der Waals surface area (Å²) in [5.74, 6) is 0.591. The number of aromatic nitrogens is 1. The Bertz CT molecular complexity index is 851. The summed E-state index contributed by atoms with van der Waals surface area (Å²) < 4.78 is 10.5. The summed E-state index contributed by atoms with van der Waals surface area (Å²) >= 11 is 1.35. The van der Waals surface area contributed by atoms with Crippen molar-refractivity contribution in [3.63, 3.8) is 0 Å². The van der Waals surface area contributed by atoms with E-state index >= 15 is 0 Å². The number of nitrogens with zero attached hydrogens (tertiary/aromatic N) is 3. The van der Waals surface area contributed by atoms with Gasteiger partial charge in [-0.25, -0.2) is 4.98 Å². The number of hydrogen-bond donors (Lipinski definition) is 1. The lowest BCUT2D eigenvalue weighted by atomic mass is 10.3. The zero-order chi connectivity index (χ0) is 21.3. The SMILES string of the molecule is COCCN(CCC(=O)N1CCCC1)C(=O)c1csc(Nc2ccccc2OC)n1. The van der Waals surface area contributed by atoms with Crippen molar-refractivity contribution in [1.29, 1.82) is 0 Å². The molecule has 0 bridgehead atoms. The van der Waals surface area contributed by atoms with Crippen molar-refractivity contribution >= 4 is 34.0 Å². The van der Waals surface area contributed by atoms with E-state index in [1.165, 1.54) is 11.3 Å². The molecular weight excluding hydrogens is 404 g/mol. The Balaban J connectivity index is 1.64. The maximum Gasteiger partial charge on any atom is 0.273 e. The lowest BCUT2D eigenvalue weighted by Crippen LogP contribution is -2.38. The van der Waals surface area contributed by atoms with Crippen molar-refractivity contribution < 1.29 is 19.1 Å². The standard InChI is InChI=1S/C21H28N4O4S/c1-28-14-13-25(12-9-19(26)24-10-5-6-11-24)20(27)17-15-30-21(23-17)22-16-7-3-4-8-18(16)29-2/h3-4,7-8,15H,5-6,9-14H2,1-2H3,(H,22,23). The van der Waals surface area contributed by atoms with E-state index in [4.69, 9.17) is 9.47 Å². The Morgan fingerprint density at radius 1 is 1.20 bits per heavy atom. The average Bonchev–Trinajstić information content (AvgIpc) is 3.46. The normalized spacial score (nSPS) is 13.3. The summed E-state index contributed by atoms with van der Waals surface area (Å²) in [4.78, 5) is 33.3. The molecule has 3 rings (SSSR count). The molecule has 1 aliphatic rings. The van der Waals surface area contributed by atoms with Gasteiger partial charge in [0.1, 0.15) is 11.4 Å². The Hall–Kier alpha value is -2.65. The van der Waals surface area contributed by atoms with Crippen LogP contribution in [0.2, 0.25) is 0 Å². The molecule has 1 aromatic heterocycles. The van der Waals surface area contributed by atoms with Gasteiger partial charge in [-0.1, -0.05) is 12.1 Å². The molecule has 0 aliphatic carbocycles. The summed E-state index contributed by atoms with van der Waals surface area (Å²) in [6, 6.07) is 7.52. The van der Waals surface area contributed by atoms with Crippen molar-refractivity contribution in [3.05, 3.63) is 35.3 Å². The number of amides is 2. The van der Waals surface area contributed by atoms with Crippen molar-refractivity contribution in [1.82, 2.24) is 14.8 Å². The fourth-order valence-electron chi connectivity index (χ4n) is 3.33. The van der Waals surface area contributed by atoms with Gasteiger partial charge < -0.3 is 24.6 Å². The minimum absolute atomic E-state index is 0.0968. The number of anilines is 2. The Morgan fingerprint density at radius 2 is 1.97 bits per heavy atom. The second-order valence-electron chi connectivity index (χ2n) is 6.99. The maximum atomic E-state index is 13.0. The minimum Gasteiger partial charge on any atom is -0.495 e. The number of methoxy groups -OCH3 is 2. The van der Waals surface area contributed by atoms with Gasteiger partial charge in [0, 0.05) is 45.1 Å². The molecule has 1 aromatic carbocycles. The molecule has 0 saturated carbocycles. The summed E-state index contributed by atoms with van der Waals surface area (Å²) in [6.07, 6.45) is 2.42. The van der Waals surface area contributed by atoms with Crippen molar-refractivity contribution in [3.8, 4) is 5.75 Å². The van der Waals surface area contributed by atoms with E-state index in [1.54, 1.807) is 24.5 Å². The van der Waals surface area contributed by atoms with Gasteiger partial charge in [-0.05, 0) is 25.0 Å². The molecule has 0 radical (unpaired) electrons. The monoisotopic (exact) mass is 432 g/mol. The number of hydrogen-bond acceptors (Lipinski definition) is 7. The number of ether oxygens (including phenoxy) is 2. The van der Waals surface area contributed by atoms with E-state index in [0.29, 0.717) is 42.7 Å². The molecular formula is C21H28N4O4S. The van der Waals surface area contributed by atoms with Crippen molar-refractivity contribution in [2.45, 2.75) is 19.3 Å². The molecule has 30 heavy (non-hydrogen) atoms. The van der Waals surface area contributed by atoms with Crippen LogP contribution in [0, 0.1) is 0 Å². The van der Waals surface area contributed by atoms with Crippen LogP contribution in [-0.4, -0.2) is 73.6 Å². The number of benzene rings is 1. The quantitative estimate of drug-likeness (QED) is 0.621. The number of para-hydroxylation sites is 2. The van der Waals surface area contributed by atoms with Gasteiger partial charge in [-0.3, -0.25) is 9.59 Å².